The van der Waals surface area contributed by atoms with Gasteiger partial charge in [-0.25, -0.2) is 9.67 Å². The minimum atomic E-state index is -0.474. The van der Waals surface area contributed by atoms with Gasteiger partial charge in [-0.3, -0.25) is 9.59 Å². The Morgan fingerprint density at radius 2 is 1.93 bits per heavy atom. The van der Waals surface area contributed by atoms with Crippen molar-refractivity contribution in [3.8, 4) is 0 Å². The lowest BCUT2D eigenvalue weighted by Gasteiger charge is -2.07. The number of benzene rings is 1. The molecule has 0 fully saturated rings. The largest absolute Gasteiger partial charge is 0.365 e. The van der Waals surface area contributed by atoms with E-state index in [1.807, 2.05) is 12.1 Å². The summed E-state index contributed by atoms with van der Waals surface area (Å²) in [4.78, 5) is 29.8. The Bertz CT molecular complexity index is 993. The zero-order chi connectivity index (χ0) is 19.5. The van der Waals surface area contributed by atoms with Crippen molar-refractivity contribution in [2.24, 2.45) is 5.73 Å². The van der Waals surface area contributed by atoms with Crippen molar-refractivity contribution in [3.05, 3.63) is 64.1 Å². The van der Waals surface area contributed by atoms with Crippen LogP contribution in [0, 0.1) is 0 Å². The first kappa shape index (κ1) is 18.4. The molecule has 2 aromatic heterocycles. The number of fused-ring (bicyclic) bond motifs is 1. The number of primary amides is 1. The number of hydrogen-bond donors (Lipinski definition) is 2. The van der Waals surface area contributed by atoms with E-state index in [2.05, 4.69) is 15.4 Å². The molecule has 0 saturated heterocycles. The molecule has 4 rings (SSSR count). The summed E-state index contributed by atoms with van der Waals surface area (Å²) < 4.78 is 1.72. The summed E-state index contributed by atoms with van der Waals surface area (Å²) in [5.74, 6) is -0.718. The molecule has 0 saturated carbocycles. The Hall–Kier alpha value is -3.00. The van der Waals surface area contributed by atoms with E-state index in [0.717, 1.165) is 43.2 Å². The van der Waals surface area contributed by atoms with Gasteiger partial charge in [-0.15, -0.1) is 11.3 Å². The number of nitrogens with two attached hydrogens (primary N) is 1. The number of nitrogens with one attached hydrogen (secondary N) is 1. The summed E-state index contributed by atoms with van der Waals surface area (Å²) in [6.07, 6.45) is 8.22. The third kappa shape index (κ3) is 3.82. The smallest absolute Gasteiger partial charge is 0.256 e. The topological polar surface area (TPSA) is 103 Å². The molecule has 28 heavy (non-hydrogen) atoms. The zero-order valence-electron chi connectivity index (χ0n) is 15.4. The van der Waals surface area contributed by atoms with E-state index < -0.39 is 5.91 Å². The highest BCUT2D eigenvalue weighted by Gasteiger charge is 2.24. The highest BCUT2D eigenvalue weighted by molar-refractivity contribution is 7.17. The zero-order valence-corrected chi connectivity index (χ0v) is 16.2. The molecule has 144 valence electrons. The summed E-state index contributed by atoms with van der Waals surface area (Å²) in [5.41, 5.74) is 8.69. The quantitative estimate of drug-likeness (QED) is 0.648. The number of aromatic nitrogens is 3. The molecule has 0 bridgehead atoms. The first-order valence-corrected chi connectivity index (χ1v) is 10.1. The number of anilines is 1. The maximum absolute atomic E-state index is 12.7. The number of carbonyl (C=O) groups is 2. The van der Waals surface area contributed by atoms with E-state index in [4.69, 9.17) is 5.73 Å². The monoisotopic (exact) mass is 395 g/mol. The molecule has 0 radical (unpaired) electrons. The third-order valence-corrected chi connectivity index (χ3v) is 6.13. The van der Waals surface area contributed by atoms with E-state index >= 15 is 0 Å². The molecular formula is C20H21N5O2S. The number of nitrogens with zero attached hydrogens (tertiary/aromatic N) is 3. The van der Waals surface area contributed by atoms with Crippen LogP contribution in [-0.4, -0.2) is 26.6 Å². The molecule has 2 heterocycles. The fraction of sp³-hybridized carbons (Fsp3) is 0.300. The lowest BCUT2D eigenvalue weighted by Crippen LogP contribution is -2.18. The number of thiophene rings is 1. The molecule has 3 N–H and O–H groups in total. The number of rotatable bonds is 5. The van der Waals surface area contributed by atoms with Crippen molar-refractivity contribution in [1.29, 1.82) is 0 Å². The molecule has 0 spiro atoms. The molecular weight excluding hydrogens is 374 g/mol. The fourth-order valence-electron chi connectivity index (χ4n) is 3.53. The third-order valence-electron chi connectivity index (χ3n) is 4.92. The van der Waals surface area contributed by atoms with Crippen molar-refractivity contribution in [2.75, 3.05) is 5.32 Å². The molecule has 0 unspecified atom stereocenters. The molecule has 1 aliphatic rings. The Balaban J connectivity index is 1.52. The predicted octanol–water partition coefficient (Wildman–Crippen LogP) is 3.01. The molecule has 1 aliphatic carbocycles. The Kier molecular flexibility index (Phi) is 5.21. The van der Waals surface area contributed by atoms with E-state index in [9.17, 15) is 9.59 Å². The SMILES string of the molecule is NC(=O)c1c(NC(=O)c2ccc(Cn3cncn3)cc2)sc2c1CCCCC2. The Labute approximate surface area is 166 Å². The standard InChI is InChI=1S/C20H21N5O2S/c21-18(26)17-15-4-2-1-3-5-16(15)28-20(17)24-19(27)14-8-6-13(7-9-14)10-25-12-22-11-23-25/h6-9,11-12H,1-5,10H2,(H2,21,26)(H,24,27). The van der Waals surface area contributed by atoms with Gasteiger partial charge in [-0.1, -0.05) is 18.6 Å². The van der Waals surface area contributed by atoms with E-state index in [1.54, 1.807) is 23.1 Å². The first-order valence-electron chi connectivity index (χ1n) is 9.29. The number of amides is 2. The van der Waals surface area contributed by atoms with Gasteiger partial charge < -0.3 is 11.1 Å². The average molecular weight is 395 g/mol. The highest BCUT2D eigenvalue weighted by Crippen LogP contribution is 2.37. The van der Waals surface area contributed by atoms with Gasteiger partial charge in [0.05, 0.1) is 12.1 Å². The maximum atomic E-state index is 12.7. The molecule has 8 heteroatoms. The number of aryl methyl sites for hydroxylation is 1. The van der Waals surface area contributed by atoms with Gasteiger partial charge in [-0.2, -0.15) is 5.10 Å². The van der Waals surface area contributed by atoms with Crippen LogP contribution in [0.25, 0.3) is 0 Å². The van der Waals surface area contributed by atoms with Crippen LogP contribution in [-0.2, 0) is 19.4 Å². The van der Waals surface area contributed by atoms with Crippen molar-refractivity contribution in [3.63, 3.8) is 0 Å². The maximum Gasteiger partial charge on any atom is 0.256 e. The van der Waals surface area contributed by atoms with E-state index in [-0.39, 0.29) is 5.91 Å². The summed E-state index contributed by atoms with van der Waals surface area (Å²) >= 11 is 1.48. The van der Waals surface area contributed by atoms with Crippen LogP contribution in [0.3, 0.4) is 0 Å². The van der Waals surface area contributed by atoms with Crippen LogP contribution in [0.15, 0.2) is 36.9 Å². The minimum absolute atomic E-state index is 0.244. The molecule has 0 aliphatic heterocycles. The van der Waals surface area contributed by atoms with Gasteiger partial charge in [0.15, 0.2) is 0 Å². The van der Waals surface area contributed by atoms with E-state index in [1.165, 1.54) is 22.5 Å². The van der Waals surface area contributed by atoms with Gasteiger partial charge in [0.25, 0.3) is 11.8 Å². The van der Waals surface area contributed by atoms with Crippen molar-refractivity contribution >= 4 is 28.2 Å². The molecule has 1 aromatic carbocycles. The minimum Gasteiger partial charge on any atom is -0.365 e. The summed E-state index contributed by atoms with van der Waals surface area (Å²) in [7, 11) is 0. The van der Waals surface area contributed by atoms with Crippen LogP contribution >= 0.6 is 11.3 Å². The lowest BCUT2D eigenvalue weighted by atomic mass is 10.0. The average Bonchev–Trinajstić information content (AvgIpc) is 3.24. The van der Waals surface area contributed by atoms with Gasteiger partial charge in [0, 0.05) is 10.4 Å². The summed E-state index contributed by atoms with van der Waals surface area (Å²) in [6, 6.07) is 7.30. The second-order valence-electron chi connectivity index (χ2n) is 6.88. The fourth-order valence-corrected chi connectivity index (χ4v) is 4.82. The van der Waals surface area contributed by atoms with Crippen molar-refractivity contribution in [1.82, 2.24) is 14.8 Å². The summed E-state index contributed by atoms with van der Waals surface area (Å²) in [6.45, 7) is 0.589. The predicted molar refractivity (Wildman–Crippen MR) is 108 cm³/mol. The van der Waals surface area contributed by atoms with Crippen LogP contribution < -0.4 is 11.1 Å². The van der Waals surface area contributed by atoms with Crippen LogP contribution in [0.4, 0.5) is 5.00 Å². The van der Waals surface area contributed by atoms with Crippen molar-refractivity contribution < 1.29 is 9.59 Å². The summed E-state index contributed by atoms with van der Waals surface area (Å²) in [5, 5.41) is 7.54. The Morgan fingerprint density at radius 1 is 1.14 bits per heavy atom. The number of carbonyl (C=O) groups excluding carboxylic acids is 2. The highest BCUT2D eigenvalue weighted by atomic mass is 32.1. The first-order chi connectivity index (χ1) is 13.6. The van der Waals surface area contributed by atoms with E-state index in [0.29, 0.717) is 22.7 Å². The molecule has 2 amide bonds. The van der Waals surface area contributed by atoms with Gasteiger partial charge in [0.1, 0.15) is 17.7 Å². The van der Waals surface area contributed by atoms with Crippen molar-refractivity contribution in [2.45, 2.75) is 38.6 Å². The molecule has 3 aromatic rings. The van der Waals surface area contributed by atoms with Gasteiger partial charge in [0.2, 0.25) is 0 Å². The second-order valence-corrected chi connectivity index (χ2v) is 7.98. The number of hydrogen-bond acceptors (Lipinski definition) is 5. The van der Waals surface area contributed by atoms with Crippen LogP contribution in [0.2, 0.25) is 0 Å². The molecule has 0 atom stereocenters. The van der Waals surface area contributed by atoms with Crippen LogP contribution in [0.5, 0.6) is 0 Å². The van der Waals surface area contributed by atoms with Gasteiger partial charge >= 0.3 is 0 Å². The lowest BCUT2D eigenvalue weighted by molar-refractivity contribution is 0.100. The molecule has 7 nitrogen and oxygen atoms in total. The normalized spacial score (nSPS) is 13.6. The second kappa shape index (κ2) is 7.93. The Morgan fingerprint density at radius 3 is 2.64 bits per heavy atom. The van der Waals surface area contributed by atoms with Crippen LogP contribution in [0.1, 0.15) is 56.0 Å². The van der Waals surface area contributed by atoms with Gasteiger partial charge in [-0.05, 0) is 48.9 Å².